The maximum Gasteiger partial charge on any atom is 0.172 e. The van der Waals surface area contributed by atoms with Gasteiger partial charge in [0, 0.05) is 18.3 Å². The molecule has 0 aromatic heterocycles. The van der Waals surface area contributed by atoms with Crippen LogP contribution in [0.1, 0.15) is 44.6 Å². The van der Waals surface area contributed by atoms with E-state index in [1.807, 2.05) is 0 Å². The normalized spacial score (nSPS) is 32.6. The Hall–Kier alpha value is -1.16. The van der Waals surface area contributed by atoms with Crippen LogP contribution in [0.4, 0.5) is 0 Å². The molecule has 23 heavy (non-hydrogen) atoms. The van der Waals surface area contributed by atoms with Gasteiger partial charge in [-0.1, -0.05) is 48.9 Å². The molecule has 2 atom stereocenters. The molecule has 3 aliphatic rings. The zero-order valence-electron chi connectivity index (χ0n) is 13.9. The molecule has 1 saturated heterocycles. The Morgan fingerprint density at radius 3 is 2.70 bits per heavy atom. The largest absolute Gasteiger partial charge is 0.373 e. The highest BCUT2D eigenvalue weighted by Crippen LogP contribution is 2.53. The number of fused-ring (bicyclic) bond motifs is 1. The minimum absolute atomic E-state index is 0.133. The Kier molecular flexibility index (Phi) is 4.04. The number of hydrogen-bond acceptors (Lipinski definition) is 3. The van der Waals surface area contributed by atoms with Gasteiger partial charge < -0.3 is 14.2 Å². The molecule has 0 amide bonds. The molecule has 1 aromatic rings. The van der Waals surface area contributed by atoms with E-state index in [1.165, 1.54) is 11.1 Å². The molecule has 1 aliphatic heterocycles. The summed E-state index contributed by atoms with van der Waals surface area (Å²) in [6, 6.07) is 10.5. The van der Waals surface area contributed by atoms with Gasteiger partial charge in [0.25, 0.3) is 0 Å². The molecular formula is C20H26O3. The second-order valence-electron chi connectivity index (χ2n) is 7.29. The third kappa shape index (κ3) is 2.86. The predicted molar refractivity (Wildman–Crippen MR) is 88.9 cm³/mol. The Morgan fingerprint density at radius 1 is 1.13 bits per heavy atom. The van der Waals surface area contributed by atoms with Gasteiger partial charge in [-0.2, -0.15) is 0 Å². The van der Waals surface area contributed by atoms with Crippen LogP contribution in [0, 0.1) is 5.41 Å². The van der Waals surface area contributed by atoms with E-state index in [4.69, 9.17) is 14.2 Å². The molecular weight excluding hydrogens is 288 g/mol. The monoisotopic (exact) mass is 314 g/mol. The van der Waals surface area contributed by atoms with Crippen LogP contribution >= 0.6 is 0 Å². The van der Waals surface area contributed by atoms with Crippen LogP contribution in [-0.2, 0) is 20.8 Å². The van der Waals surface area contributed by atoms with Crippen LogP contribution in [0.15, 0.2) is 42.0 Å². The minimum atomic E-state index is -0.341. The van der Waals surface area contributed by atoms with E-state index >= 15 is 0 Å². The van der Waals surface area contributed by atoms with Gasteiger partial charge in [-0.05, 0) is 24.8 Å². The van der Waals surface area contributed by atoms with E-state index in [1.54, 1.807) is 0 Å². The van der Waals surface area contributed by atoms with Crippen molar-refractivity contribution in [1.29, 1.82) is 0 Å². The van der Waals surface area contributed by atoms with E-state index < -0.39 is 0 Å². The van der Waals surface area contributed by atoms with Crippen LogP contribution in [0.5, 0.6) is 0 Å². The van der Waals surface area contributed by atoms with Crippen molar-refractivity contribution in [2.75, 3.05) is 13.2 Å². The summed E-state index contributed by atoms with van der Waals surface area (Å²) >= 11 is 0. The van der Waals surface area contributed by atoms with Crippen LogP contribution in [0.25, 0.3) is 0 Å². The first-order valence-corrected chi connectivity index (χ1v) is 8.83. The van der Waals surface area contributed by atoms with Gasteiger partial charge in [0.05, 0.1) is 25.9 Å². The van der Waals surface area contributed by atoms with Crippen molar-refractivity contribution in [1.82, 2.24) is 0 Å². The summed E-state index contributed by atoms with van der Waals surface area (Å²) in [6.07, 6.45) is 7.89. The molecule has 0 unspecified atom stereocenters. The molecule has 2 aliphatic carbocycles. The SMILES string of the molecule is C[C@]12CCC3(CC1=CCC[C@@H]2OCc1ccccc1)OCCO3. The first kappa shape index (κ1) is 15.4. The van der Waals surface area contributed by atoms with Gasteiger partial charge in [0.15, 0.2) is 5.79 Å². The van der Waals surface area contributed by atoms with Crippen molar-refractivity contribution in [2.24, 2.45) is 5.41 Å². The van der Waals surface area contributed by atoms with Gasteiger partial charge in [-0.3, -0.25) is 0 Å². The molecule has 3 heteroatoms. The van der Waals surface area contributed by atoms with Gasteiger partial charge in [-0.25, -0.2) is 0 Å². The number of rotatable bonds is 3. The summed E-state index contributed by atoms with van der Waals surface area (Å²) in [6.45, 7) is 4.54. The fraction of sp³-hybridized carbons (Fsp3) is 0.600. The second-order valence-corrected chi connectivity index (χ2v) is 7.29. The summed E-state index contributed by atoms with van der Waals surface area (Å²) in [5.41, 5.74) is 2.87. The lowest BCUT2D eigenvalue weighted by molar-refractivity contribution is -0.186. The van der Waals surface area contributed by atoms with E-state index in [-0.39, 0.29) is 11.2 Å². The molecule has 1 spiro atoms. The summed E-state index contributed by atoms with van der Waals surface area (Å²) in [7, 11) is 0. The molecule has 1 heterocycles. The molecule has 0 radical (unpaired) electrons. The van der Waals surface area contributed by atoms with Crippen molar-refractivity contribution >= 4 is 0 Å². The minimum Gasteiger partial charge on any atom is -0.373 e. The Balaban J connectivity index is 1.47. The summed E-state index contributed by atoms with van der Waals surface area (Å²) in [5.74, 6) is -0.341. The molecule has 0 N–H and O–H groups in total. The Bertz CT molecular complexity index is 574. The molecule has 4 rings (SSSR count). The molecule has 1 aromatic carbocycles. The third-order valence-corrected chi connectivity index (χ3v) is 5.86. The molecule has 2 fully saturated rings. The van der Waals surface area contributed by atoms with Crippen LogP contribution in [-0.4, -0.2) is 25.1 Å². The standard InChI is InChI=1S/C20H26O3/c1-19-10-11-20(22-12-13-23-20)14-17(19)8-5-9-18(19)21-15-16-6-3-2-4-7-16/h2-4,6-8,18H,5,9-15H2,1H3/t18-,19-/m0/s1. The Labute approximate surface area is 138 Å². The molecule has 3 nitrogen and oxygen atoms in total. The topological polar surface area (TPSA) is 27.7 Å². The highest BCUT2D eigenvalue weighted by molar-refractivity contribution is 5.24. The predicted octanol–water partition coefficient (Wildman–Crippen LogP) is 4.23. The number of allylic oxidation sites excluding steroid dienone is 1. The van der Waals surface area contributed by atoms with Gasteiger partial charge >= 0.3 is 0 Å². The zero-order chi connectivity index (χ0) is 15.8. The van der Waals surface area contributed by atoms with E-state index in [0.29, 0.717) is 12.7 Å². The second kappa shape index (κ2) is 6.04. The molecule has 0 bridgehead atoms. The lowest BCUT2D eigenvalue weighted by Crippen LogP contribution is -2.47. The van der Waals surface area contributed by atoms with Crippen molar-refractivity contribution in [3.05, 3.63) is 47.5 Å². The fourth-order valence-electron chi connectivity index (χ4n) is 4.37. The highest BCUT2D eigenvalue weighted by atomic mass is 16.7. The van der Waals surface area contributed by atoms with E-state index in [9.17, 15) is 0 Å². The van der Waals surface area contributed by atoms with Crippen LogP contribution in [0.2, 0.25) is 0 Å². The average Bonchev–Trinajstić information content (AvgIpc) is 3.03. The van der Waals surface area contributed by atoms with Crippen LogP contribution in [0.3, 0.4) is 0 Å². The zero-order valence-corrected chi connectivity index (χ0v) is 13.9. The highest BCUT2D eigenvalue weighted by Gasteiger charge is 2.51. The van der Waals surface area contributed by atoms with Gasteiger partial charge in [-0.15, -0.1) is 0 Å². The smallest absolute Gasteiger partial charge is 0.172 e. The molecule has 124 valence electrons. The third-order valence-electron chi connectivity index (χ3n) is 5.86. The Morgan fingerprint density at radius 2 is 1.91 bits per heavy atom. The first-order valence-electron chi connectivity index (χ1n) is 8.83. The van der Waals surface area contributed by atoms with Crippen LogP contribution < -0.4 is 0 Å². The molecule has 1 saturated carbocycles. The maximum absolute atomic E-state index is 6.37. The average molecular weight is 314 g/mol. The summed E-state index contributed by atoms with van der Waals surface area (Å²) in [4.78, 5) is 0. The van der Waals surface area contributed by atoms with E-state index in [2.05, 4.69) is 43.3 Å². The lowest BCUT2D eigenvalue weighted by Gasteiger charge is -2.49. The summed E-state index contributed by atoms with van der Waals surface area (Å²) < 4.78 is 18.2. The van der Waals surface area contributed by atoms with Crippen molar-refractivity contribution in [2.45, 2.75) is 57.5 Å². The number of benzene rings is 1. The van der Waals surface area contributed by atoms with Gasteiger partial charge in [0.2, 0.25) is 0 Å². The van der Waals surface area contributed by atoms with Gasteiger partial charge in [0.1, 0.15) is 0 Å². The van der Waals surface area contributed by atoms with E-state index in [0.717, 1.165) is 45.3 Å². The summed E-state index contributed by atoms with van der Waals surface area (Å²) in [5, 5.41) is 0. The quantitative estimate of drug-likeness (QED) is 0.782. The van der Waals surface area contributed by atoms with Crippen molar-refractivity contribution in [3.63, 3.8) is 0 Å². The fourth-order valence-corrected chi connectivity index (χ4v) is 4.37. The maximum atomic E-state index is 6.37. The first-order chi connectivity index (χ1) is 11.2. The number of ether oxygens (including phenoxy) is 3. The number of hydrogen-bond donors (Lipinski definition) is 0. The lowest BCUT2D eigenvalue weighted by atomic mass is 9.63. The van der Waals surface area contributed by atoms with Crippen molar-refractivity contribution < 1.29 is 14.2 Å². The van der Waals surface area contributed by atoms with Crippen molar-refractivity contribution in [3.8, 4) is 0 Å².